The third-order valence-corrected chi connectivity index (χ3v) is 4.45. The van der Waals surface area contributed by atoms with Crippen molar-refractivity contribution in [1.82, 2.24) is 0 Å². The van der Waals surface area contributed by atoms with Gasteiger partial charge in [0.05, 0.1) is 0 Å². The molecule has 0 aromatic carbocycles. The van der Waals surface area contributed by atoms with Crippen molar-refractivity contribution >= 4 is 46.1 Å². The zero-order chi connectivity index (χ0) is 11.8. The van der Waals surface area contributed by atoms with Gasteiger partial charge in [0.1, 0.15) is 0 Å². The predicted molar refractivity (Wildman–Crippen MR) is 63.3 cm³/mol. The number of carboxylic acid groups (broad SMARTS) is 2. The summed E-state index contributed by atoms with van der Waals surface area (Å²) in [6.07, 6.45) is 1.30. The van der Waals surface area contributed by atoms with E-state index in [9.17, 15) is 9.59 Å². The van der Waals surface area contributed by atoms with Crippen LogP contribution in [0.3, 0.4) is 0 Å². The van der Waals surface area contributed by atoms with Crippen LogP contribution >= 0.6 is 34.2 Å². The highest BCUT2D eigenvalue weighted by Gasteiger charge is 2.43. The maximum absolute atomic E-state index is 11.1. The molecule has 1 rings (SSSR count). The molecule has 0 spiro atoms. The normalized spacial score (nSPS) is 26.2. The van der Waals surface area contributed by atoms with Crippen molar-refractivity contribution in [3.8, 4) is 0 Å². The second-order valence-electron chi connectivity index (χ2n) is 3.25. The molecule has 2 N–H and O–H groups in total. The summed E-state index contributed by atoms with van der Waals surface area (Å²) in [5, 5.41) is 18.0. The molecule has 82 valence electrons. The molecule has 15 heavy (non-hydrogen) atoms. The van der Waals surface area contributed by atoms with E-state index in [1.165, 1.54) is 6.08 Å². The van der Waals surface area contributed by atoms with E-state index >= 15 is 0 Å². The van der Waals surface area contributed by atoms with Crippen molar-refractivity contribution in [2.75, 3.05) is 0 Å². The van der Waals surface area contributed by atoms with Crippen LogP contribution in [0.2, 0.25) is 0 Å². The second kappa shape index (κ2) is 4.13. The minimum atomic E-state index is -1.36. The van der Waals surface area contributed by atoms with E-state index in [2.05, 4.69) is 0 Å². The monoisotopic (exact) mass is 342 g/mol. The molecule has 1 aliphatic carbocycles. The van der Waals surface area contributed by atoms with Gasteiger partial charge in [0.15, 0.2) is 3.42 Å². The van der Waals surface area contributed by atoms with Crippen molar-refractivity contribution in [1.29, 1.82) is 0 Å². The van der Waals surface area contributed by atoms with Crippen LogP contribution in [-0.4, -0.2) is 25.6 Å². The molecular weight excluding hydrogens is 334 g/mol. The molecule has 0 saturated heterocycles. The third kappa shape index (κ3) is 2.17. The fourth-order valence-electron chi connectivity index (χ4n) is 1.34. The molecule has 4 nitrogen and oxygen atoms in total. The van der Waals surface area contributed by atoms with Gasteiger partial charge >= 0.3 is 11.9 Å². The Kier molecular flexibility index (Phi) is 3.44. The molecule has 0 radical (unpaired) electrons. The van der Waals surface area contributed by atoms with E-state index in [1.807, 2.05) is 0 Å². The highest BCUT2D eigenvalue weighted by Crippen LogP contribution is 2.42. The molecular formula is C9H8ClIO4. The number of hydrogen-bond donors (Lipinski definition) is 2. The van der Waals surface area contributed by atoms with Gasteiger partial charge in [-0.25, -0.2) is 4.79 Å². The van der Waals surface area contributed by atoms with Crippen molar-refractivity contribution in [2.24, 2.45) is 0 Å². The van der Waals surface area contributed by atoms with Crippen LogP contribution in [0.25, 0.3) is 0 Å². The minimum absolute atomic E-state index is 0.0636. The zero-order valence-electron chi connectivity index (χ0n) is 7.75. The smallest absolute Gasteiger partial charge is 0.331 e. The first kappa shape index (κ1) is 12.5. The van der Waals surface area contributed by atoms with Crippen LogP contribution in [0.15, 0.2) is 22.3 Å². The Balaban J connectivity index is 3.26. The fraction of sp³-hybridized carbons (Fsp3) is 0.333. The van der Waals surface area contributed by atoms with Crippen LogP contribution in [0, 0.1) is 0 Å². The van der Waals surface area contributed by atoms with Gasteiger partial charge in [-0.3, -0.25) is 4.79 Å². The number of hydrogen-bond acceptors (Lipinski definition) is 2. The quantitative estimate of drug-likeness (QED) is 0.596. The molecule has 0 bridgehead atoms. The molecule has 1 atom stereocenters. The molecule has 0 aliphatic heterocycles. The van der Waals surface area contributed by atoms with Crippen LogP contribution in [0.4, 0.5) is 0 Å². The number of aliphatic carboxylic acids is 2. The molecule has 0 heterocycles. The summed E-state index contributed by atoms with van der Waals surface area (Å²) in [4.78, 5) is 21.8. The average Bonchev–Trinajstić information content (AvgIpc) is 2.12. The Morgan fingerprint density at radius 2 is 2.07 bits per heavy atom. The Morgan fingerprint density at radius 1 is 1.53 bits per heavy atom. The molecule has 0 amide bonds. The van der Waals surface area contributed by atoms with Crippen LogP contribution in [0.1, 0.15) is 13.3 Å². The standard InChI is InChI=1S/C9H8ClIO4/c1-4-2-5(7(12)13)3-9(11,6(4)10)8(14)15/h2H,3H2,1H3,(H,12,13)(H,14,15). The first-order valence-electron chi connectivity index (χ1n) is 4.02. The summed E-state index contributed by atoms with van der Waals surface area (Å²) in [6, 6.07) is 0. The van der Waals surface area contributed by atoms with Crippen molar-refractivity contribution in [2.45, 2.75) is 16.8 Å². The fourth-order valence-corrected chi connectivity index (χ4v) is 2.37. The lowest BCUT2D eigenvalue weighted by molar-refractivity contribution is -0.138. The van der Waals surface area contributed by atoms with Gasteiger partial charge in [-0.2, -0.15) is 0 Å². The van der Waals surface area contributed by atoms with Crippen LogP contribution in [-0.2, 0) is 9.59 Å². The van der Waals surface area contributed by atoms with Gasteiger partial charge in [0.25, 0.3) is 0 Å². The van der Waals surface area contributed by atoms with E-state index in [4.69, 9.17) is 21.8 Å². The van der Waals surface area contributed by atoms with E-state index in [-0.39, 0.29) is 17.0 Å². The number of allylic oxidation sites excluding steroid dienone is 2. The van der Waals surface area contributed by atoms with Gasteiger partial charge in [0.2, 0.25) is 0 Å². The summed E-state index contributed by atoms with van der Waals surface area (Å²) >= 11 is 7.57. The molecule has 0 aromatic rings. The average molecular weight is 343 g/mol. The summed E-state index contributed by atoms with van der Waals surface area (Å²) < 4.78 is -1.36. The molecule has 6 heteroatoms. The number of rotatable bonds is 2. The van der Waals surface area contributed by atoms with Crippen LogP contribution in [0.5, 0.6) is 0 Å². The topological polar surface area (TPSA) is 74.6 Å². The van der Waals surface area contributed by atoms with E-state index in [0.29, 0.717) is 5.57 Å². The Hall–Kier alpha value is -0.560. The zero-order valence-corrected chi connectivity index (χ0v) is 10.7. The van der Waals surface area contributed by atoms with Gasteiger partial charge < -0.3 is 10.2 Å². The number of alkyl halides is 1. The van der Waals surface area contributed by atoms with Crippen molar-refractivity contribution in [3.63, 3.8) is 0 Å². The largest absolute Gasteiger partial charge is 0.480 e. The number of halogens is 2. The Bertz CT molecular complexity index is 399. The predicted octanol–water partition coefficient (Wildman–Crippen LogP) is 2.17. The molecule has 0 saturated carbocycles. The van der Waals surface area contributed by atoms with Gasteiger partial charge in [-0.1, -0.05) is 34.2 Å². The SMILES string of the molecule is CC1=C(Cl)C(I)(C(=O)O)CC(C(=O)O)=C1. The highest BCUT2D eigenvalue weighted by molar-refractivity contribution is 14.1. The van der Waals surface area contributed by atoms with Gasteiger partial charge in [-0.15, -0.1) is 0 Å². The Morgan fingerprint density at radius 3 is 2.47 bits per heavy atom. The first-order valence-corrected chi connectivity index (χ1v) is 5.47. The molecule has 1 unspecified atom stereocenters. The summed E-state index contributed by atoms with van der Waals surface area (Å²) in [5.74, 6) is -2.24. The summed E-state index contributed by atoms with van der Waals surface area (Å²) in [6.45, 7) is 1.60. The van der Waals surface area contributed by atoms with Gasteiger partial charge in [0, 0.05) is 17.0 Å². The Labute approximate surface area is 105 Å². The number of carbonyl (C=O) groups is 2. The second-order valence-corrected chi connectivity index (χ2v) is 5.47. The van der Waals surface area contributed by atoms with E-state index in [1.54, 1.807) is 29.5 Å². The minimum Gasteiger partial charge on any atom is -0.480 e. The van der Waals surface area contributed by atoms with Crippen molar-refractivity contribution < 1.29 is 19.8 Å². The van der Waals surface area contributed by atoms with E-state index < -0.39 is 15.4 Å². The molecule has 0 aromatic heterocycles. The lowest BCUT2D eigenvalue weighted by atomic mass is 9.90. The maximum atomic E-state index is 11.1. The summed E-state index contributed by atoms with van der Waals surface area (Å²) in [7, 11) is 0. The lowest BCUT2D eigenvalue weighted by Gasteiger charge is -2.27. The van der Waals surface area contributed by atoms with Crippen molar-refractivity contribution in [3.05, 3.63) is 22.3 Å². The van der Waals surface area contributed by atoms with Gasteiger partial charge in [-0.05, 0) is 18.6 Å². The lowest BCUT2D eigenvalue weighted by Crippen LogP contribution is -2.36. The first-order chi connectivity index (χ1) is 6.79. The number of carboxylic acids is 2. The summed E-state index contributed by atoms with van der Waals surface area (Å²) in [5.41, 5.74) is 0.547. The van der Waals surface area contributed by atoms with Crippen LogP contribution < -0.4 is 0 Å². The highest BCUT2D eigenvalue weighted by atomic mass is 127. The van der Waals surface area contributed by atoms with E-state index in [0.717, 1.165) is 0 Å². The molecule has 0 fully saturated rings. The molecule has 1 aliphatic rings. The maximum Gasteiger partial charge on any atom is 0.331 e. The third-order valence-electron chi connectivity index (χ3n) is 2.13.